The van der Waals surface area contributed by atoms with E-state index in [0.717, 1.165) is 4.47 Å². The standard InChI is InChI=1S/C11H12BrNO4/c1-17-9-3-2-8(12)4-7(9)5-10(14)13-6-11(15)16/h2-4H,5-6H2,1H3,(H,13,14)(H,15,16). The van der Waals surface area contributed by atoms with E-state index < -0.39 is 5.97 Å². The Balaban J connectivity index is 2.69. The van der Waals surface area contributed by atoms with Crippen LogP contribution in [0.25, 0.3) is 0 Å². The zero-order valence-corrected chi connectivity index (χ0v) is 10.8. The van der Waals surface area contributed by atoms with Crippen molar-refractivity contribution in [2.45, 2.75) is 6.42 Å². The van der Waals surface area contributed by atoms with E-state index in [1.165, 1.54) is 7.11 Å². The molecule has 0 atom stereocenters. The third-order valence-electron chi connectivity index (χ3n) is 2.03. The van der Waals surface area contributed by atoms with Crippen molar-refractivity contribution in [3.8, 4) is 5.75 Å². The van der Waals surface area contributed by atoms with Crippen molar-refractivity contribution < 1.29 is 19.4 Å². The molecule has 0 aliphatic heterocycles. The van der Waals surface area contributed by atoms with E-state index in [4.69, 9.17) is 9.84 Å². The molecule has 0 unspecified atom stereocenters. The van der Waals surface area contributed by atoms with Gasteiger partial charge in [-0.1, -0.05) is 15.9 Å². The lowest BCUT2D eigenvalue weighted by Gasteiger charge is -2.08. The Morgan fingerprint density at radius 3 is 2.76 bits per heavy atom. The monoisotopic (exact) mass is 301 g/mol. The number of carboxylic acid groups (broad SMARTS) is 1. The minimum absolute atomic E-state index is 0.0793. The second-order valence-electron chi connectivity index (χ2n) is 3.30. The smallest absolute Gasteiger partial charge is 0.322 e. The average Bonchev–Trinajstić information content (AvgIpc) is 2.27. The average molecular weight is 302 g/mol. The number of rotatable bonds is 5. The van der Waals surface area contributed by atoms with E-state index in [1.54, 1.807) is 18.2 Å². The van der Waals surface area contributed by atoms with Crippen LogP contribution in [-0.4, -0.2) is 30.6 Å². The van der Waals surface area contributed by atoms with E-state index >= 15 is 0 Å². The molecule has 1 aromatic carbocycles. The molecule has 6 heteroatoms. The van der Waals surface area contributed by atoms with Gasteiger partial charge in [-0.05, 0) is 18.2 Å². The number of nitrogens with one attached hydrogen (secondary N) is 1. The first kappa shape index (κ1) is 13.5. The molecule has 1 rings (SSSR count). The molecule has 0 aromatic heterocycles. The van der Waals surface area contributed by atoms with Gasteiger partial charge in [0.1, 0.15) is 12.3 Å². The lowest BCUT2D eigenvalue weighted by molar-refractivity contribution is -0.137. The minimum atomic E-state index is -1.07. The molecule has 5 nitrogen and oxygen atoms in total. The Morgan fingerprint density at radius 2 is 2.18 bits per heavy atom. The summed E-state index contributed by atoms with van der Waals surface area (Å²) in [4.78, 5) is 21.7. The Labute approximate surface area is 107 Å². The van der Waals surface area contributed by atoms with Crippen molar-refractivity contribution in [1.82, 2.24) is 5.32 Å². The molecule has 0 fully saturated rings. The van der Waals surface area contributed by atoms with Gasteiger partial charge in [-0.15, -0.1) is 0 Å². The Hall–Kier alpha value is -1.56. The van der Waals surface area contributed by atoms with E-state index in [2.05, 4.69) is 21.2 Å². The Kier molecular flexibility index (Phi) is 4.96. The maximum Gasteiger partial charge on any atom is 0.322 e. The number of amides is 1. The lowest BCUT2D eigenvalue weighted by atomic mass is 10.1. The summed E-state index contributed by atoms with van der Waals surface area (Å²) in [6, 6.07) is 5.31. The number of aliphatic carboxylic acids is 1. The highest BCUT2D eigenvalue weighted by atomic mass is 79.9. The van der Waals surface area contributed by atoms with Gasteiger partial charge in [0, 0.05) is 10.0 Å². The maximum absolute atomic E-state index is 11.5. The number of ether oxygens (including phenoxy) is 1. The van der Waals surface area contributed by atoms with Crippen LogP contribution in [0.5, 0.6) is 5.75 Å². The third-order valence-corrected chi connectivity index (χ3v) is 2.52. The first-order chi connectivity index (χ1) is 8.02. The highest BCUT2D eigenvalue weighted by Crippen LogP contribution is 2.23. The van der Waals surface area contributed by atoms with E-state index in [0.29, 0.717) is 11.3 Å². The van der Waals surface area contributed by atoms with Crippen LogP contribution in [0.15, 0.2) is 22.7 Å². The Morgan fingerprint density at radius 1 is 1.47 bits per heavy atom. The molecule has 92 valence electrons. The van der Waals surface area contributed by atoms with Crippen LogP contribution < -0.4 is 10.1 Å². The molecule has 0 radical (unpaired) electrons. The van der Waals surface area contributed by atoms with Crippen LogP contribution in [-0.2, 0) is 16.0 Å². The van der Waals surface area contributed by atoms with Crippen molar-refractivity contribution in [2.75, 3.05) is 13.7 Å². The molecular weight excluding hydrogens is 290 g/mol. The molecule has 0 spiro atoms. The second kappa shape index (κ2) is 6.24. The number of hydrogen-bond acceptors (Lipinski definition) is 3. The molecule has 1 amide bonds. The summed E-state index contributed by atoms with van der Waals surface area (Å²) in [6.07, 6.45) is 0.0793. The van der Waals surface area contributed by atoms with Gasteiger partial charge in [0.25, 0.3) is 0 Å². The highest BCUT2D eigenvalue weighted by molar-refractivity contribution is 9.10. The summed E-state index contributed by atoms with van der Waals surface area (Å²) in [5.74, 6) is -0.831. The fourth-order valence-corrected chi connectivity index (χ4v) is 1.70. The van der Waals surface area contributed by atoms with Gasteiger partial charge in [-0.2, -0.15) is 0 Å². The molecule has 2 N–H and O–H groups in total. The largest absolute Gasteiger partial charge is 0.496 e. The molecule has 0 saturated carbocycles. The van der Waals surface area contributed by atoms with Crippen LogP contribution >= 0.6 is 15.9 Å². The Bertz CT molecular complexity index is 433. The number of methoxy groups -OCH3 is 1. The number of carboxylic acids is 1. The van der Waals surface area contributed by atoms with Gasteiger partial charge in [-0.25, -0.2) is 0 Å². The summed E-state index contributed by atoms with van der Waals surface area (Å²) < 4.78 is 5.94. The zero-order valence-electron chi connectivity index (χ0n) is 9.20. The fraction of sp³-hybridized carbons (Fsp3) is 0.273. The van der Waals surface area contributed by atoms with Gasteiger partial charge >= 0.3 is 5.97 Å². The van der Waals surface area contributed by atoms with Crippen LogP contribution in [0, 0.1) is 0 Å². The summed E-state index contributed by atoms with van der Waals surface area (Å²) in [6.45, 7) is -0.380. The topological polar surface area (TPSA) is 75.6 Å². The molecule has 0 saturated heterocycles. The van der Waals surface area contributed by atoms with Crippen LogP contribution in [0.1, 0.15) is 5.56 Å². The van der Waals surface area contributed by atoms with Crippen molar-refractivity contribution >= 4 is 27.8 Å². The normalized spacial score (nSPS) is 9.76. The first-order valence-electron chi connectivity index (χ1n) is 4.84. The summed E-state index contributed by atoms with van der Waals surface area (Å²) in [5, 5.41) is 10.7. The lowest BCUT2D eigenvalue weighted by Crippen LogP contribution is -2.30. The molecule has 0 aliphatic carbocycles. The number of carbonyl (C=O) groups excluding carboxylic acids is 1. The number of benzene rings is 1. The summed E-state index contributed by atoms with van der Waals surface area (Å²) in [7, 11) is 1.52. The second-order valence-corrected chi connectivity index (χ2v) is 4.22. The molecule has 0 heterocycles. The third kappa shape index (κ3) is 4.44. The number of hydrogen-bond donors (Lipinski definition) is 2. The predicted octanol–water partition coefficient (Wildman–Crippen LogP) is 1.20. The predicted molar refractivity (Wildman–Crippen MR) is 65.0 cm³/mol. The van der Waals surface area contributed by atoms with Crippen molar-refractivity contribution in [3.05, 3.63) is 28.2 Å². The summed E-state index contributed by atoms with van der Waals surface area (Å²) >= 11 is 3.30. The van der Waals surface area contributed by atoms with Crippen molar-refractivity contribution in [2.24, 2.45) is 0 Å². The fourth-order valence-electron chi connectivity index (χ4n) is 1.29. The van der Waals surface area contributed by atoms with Gasteiger partial charge in [-0.3, -0.25) is 9.59 Å². The van der Waals surface area contributed by atoms with Gasteiger partial charge in [0.15, 0.2) is 0 Å². The van der Waals surface area contributed by atoms with E-state index in [9.17, 15) is 9.59 Å². The van der Waals surface area contributed by atoms with E-state index in [-0.39, 0.29) is 18.9 Å². The maximum atomic E-state index is 11.5. The minimum Gasteiger partial charge on any atom is -0.496 e. The quantitative estimate of drug-likeness (QED) is 0.857. The van der Waals surface area contributed by atoms with Crippen molar-refractivity contribution in [1.29, 1.82) is 0 Å². The molecular formula is C11H12BrNO4. The first-order valence-corrected chi connectivity index (χ1v) is 5.63. The zero-order chi connectivity index (χ0) is 12.8. The highest BCUT2D eigenvalue weighted by Gasteiger charge is 2.10. The van der Waals surface area contributed by atoms with Crippen molar-refractivity contribution in [3.63, 3.8) is 0 Å². The molecule has 1 aromatic rings. The summed E-state index contributed by atoms with van der Waals surface area (Å²) in [5.41, 5.74) is 0.699. The van der Waals surface area contributed by atoms with Gasteiger partial charge in [0.05, 0.1) is 13.5 Å². The number of halogens is 1. The van der Waals surface area contributed by atoms with Crippen LogP contribution in [0.4, 0.5) is 0 Å². The van der Waals surface area contributed by atoms with E-state index in [1.807, 2.05) is 0 Å². The van der Waals surface area contributed by atoms with Crippen LogP contribution in [0.3, 0.4) is 0 Å². The molecule has 0 aliphatic rings. The van der Waals surface area contributed by atoms with Crippen LogP contribution in [0.2, 0.25) is 0 Å². The van der Waals surface area contributed by atoms with Gasteiger partial charge < -0.3 is 15.2 Å². The number of carbonyl (C=O) groups is 2. The SMILES string of the molecule is COc1ccc(Br)cc1CC(=O)NCC(=O)O. The molecule has 0 bridgehead atoms. The molecule has 17 heavy (non-hydrogen) atoms. The van der Waals surface area contributed by atoms with Gasteiger partial charge in [0.2, 0.25) is 5.91 Å².